The highest BCUT2D eigenvalue weighted by atomic mass is 16.6. The first kappa shape index (κ1) is 33.9. The molecule has 0 saturated carbocycles. The molecule has 1 aliphatic heterocycles. The normalized spacial score (nSPS) is 17.8. The summed E-state index contributed by atoms with van der Waals surface area (Å²) in [6, 6.07) is 24.5. The largest absolute Gasteiger partial charge is 0.489 e. The van der Waals surface area contributed by atoms with Gasteiger partial charge in [-0.1, -0.05) is 84.9 Å². The summed E-state index contributed by atoms with van der Waals surface area (Å²) in [5, 5.41) is 15.4. The predicted octanol–water partition coefficient (Wildman–Crippen LogP) is 3.80. The number of hydrogen-bond acceptors (Lipinski definition) is 8. The Labute approximate surface area is 268 Å². The summed E-state index contributed by atoms with van der Waals surface area (Å²) in [7, 11) is 0. The Morgan fingerprint density at radius 1 is 0.891 bits per heavy atom. The first-order chi connectivity index (χ1) is 22.4. The van der Waals surface area contributed by atoms with E-state index in [1.54, 1.807) is 24.3 Å². The van der Waals surface area contributed by atoms with Crippen molar-refractivity contribution in [1.29, 1.82) is 0 Å². The summed E-state index contributed by atoms with van der Waals surface area (Å²) in [6.07, 6.45) is 4.42. The molecule has 10 heteroatoms. The van der Waals surface area contributed by atoms with Gasteiger partial charge in [-0.3, -0.25) is 14.4 Å². The van der Waals surface area contributed by atoms with Gasteiger partial charge < -0.3 is 30.0 Å². The molecule has 1 heterocycles. The molecule has 0 fully saturated rings. The Morgan fingerprint density at radius 3 is 2.24 bits per heavy atom. The van der Waals surface area contributed by atoms with E-state index in [-0.39, 0.29) is 39.1 Å². The van der Waals surface area contributed by atoms with Crippen LogP contribution in [0.2, 0.25) is 0 Å². The summed E-state index contributed by atoms with van der Waals surface area (Å²) in [5.41, 5.74) is 2.71. The molecule has 2 amide bonds. The van der Waals surface area contributed by atoms with Gasteiger partial charge in [-0.05, 0) is 48.1 Å². The number of hydrogen-bond donors (Lipinski definition) is 3. The van der Waals surface area contributed by atoms with Gasteiger partial charge in [0.25, 0.3) is 0 Å². The van der Waals surface area contributed by atoms with E-state index in [1.807, 2.05) is 72.8 Å². The number of esters is 2. The van der Waals surface area contributed by atoms with E-state index >= 15 is 0 Å². The Kier molecular flexibility index (Phi) is 13.4. The van der Waals surface area contributed by atoms with Crippen LogP contribution in [0.5, 0.6) is 5.75 Å². The van der Waals surface area contributed by atoms with Crippen LogP contribution in [-0.4, -0.2) is 54.2 Å². The van der Waals surface area contributed by atoms with E-state index in [2.05, 4.69) is 10.6 Å². The third-order valence-electron chi connectivity index (χ3n) is 7.38. The zero-order chi connectivity index (χ0) is 32.6. The van der Waals surface area contributed by atoms with Crippen LogP contribution in [0.3, 0.4) is 0 Å². The molecular weight excluding hydrogens is 588 g/mol. The third-order valence-corrected chi connectivity index (χ3v) is 7.38. The van der Waals surface area contributed by atoms with E-state index in [0.29, 0.717) is 25.2 Å². The minimum Gasteiger partial charge on any atom is -0.489 e. The van der Waals surface area contributed by atoms with Gasteiger partial charge in [-0.2, -0.15) is 0 Å². The Balaban J connectivity index is 1.33. The average Bonchev–Trinajstić information content (AvgIpc) is 3.08. The van der Waals surface area contributed by atoms with Gasteiger partial charge in [0.15, 0.2) is 6.04 Å². The molecule has 10 nitrogen and oxygen atoms in total. The van der Waals surface area contributed by atoms with Crippen molar-refractivity contribution in [2.45, 2.75) is 57.4 Å². The second-order valence-corrected chi connectivity index (χ2v) is 11.1. The van der Waals surface area contributed by atoms with Gasteiger partial charge >= 0.3 is 11.9 Å². The Morgan fingerprint density at radius 2 is 1.57 bits per heavy atom. The van der Waals surface area contributed by atoms with Crippen molar-refractivity contribution in [2.24, 2.45) is 5.92 Å². The summed E-state index contributed by atoms with van der Waals surface area (Å²) in [6.45, 7) is -0.250. The van der Waals surface area contributed by atoms with Crippen molar-refractivity contribution in [2.75, 3.05) is 13.2 Å². The molecule has 0 bridgehead atoms. The summed E-state index contributed by atoms with van der Waals surface area (Å²) in [4.78, 5) is 51.4. The number of ether oxygens (including phenoxy) is 3. The fourth-order valence-corrected chi connectivity index (χ4v) is 4.82. The molecule has 0 saturated heterocycles. The molecule has 0 unspecified atom stereocenters. The standard InChI is InChI=1S/C36H40N2O8/c39-22-30(20-26-16-18-31(19-17-26)44-23-27-10-4-1-5-11-27)37-33(40)21-29-14-8-3-9-15-34(41)45-25-32(38-35(29)42)36(43)46-24-28-12-6-2-7-13-28/h1-8,10-13,16-19,29-30,32,39H,9,14-15,20-25H2,(H,37,40)(H,38,42)/t29-,30+,32-/m1/s1. The van der Waals surface area contributed by atoms with Crippen molar-refractivity contribution in [3.8, 4) is 5.75 Å². The number of carbonyl (C=O) groups is 4. The first-order valence-electron chi connectivity index (χ1n) is 15.4. The maximum atomic E-state index is 13.3. The SMILES string of the molecule is O=C(C[C@H]1CC=CCCC(=O)OC[C@H](C(=O)OCc2ccccc2)NC1=O)N[C@H](CO)Cc1ccc(OCc2ccccc2)cc1. The molecule has 3 aromatic carbocycles. The number of aliphatic hydroxyl groups is 1. The van der Waals surface area contributed by atoms with E-state index in [1.165, 1.54) is 0 Å². The first-order valence-corrected chi connectivity index (χ1v) is 15.4. The van der Waals surface area contributed by atoms with Gasteiger partial charge in [0, 0.05) is 12.8 Å². The Bertz CT molecular complexity index is 1440. The van der Waals surface area contributed by atoms with Crippen molar-refractivity contribution in [1.82, 2.24) is 10.6 Å². The fraction of sp³-hybridized carbons (Fsp3) is 0.333. The summed E-state index contributed by atoms with van der Waals surface area (Å²) in [5.74, 6) is -2.33. The fourth-order valence-electron chi connectivity index (χ4n) is 4.82. The van der Waals surface area contributed by atoms with Gasteiger partial charge in [0.05, 0.1) is 18.6 Å². The molecule has 0 aliphatic carbocycles. The molecule has 3 aromatic rings. The maximum absolute atomic E-state index is 13.3. The lowest BCUT2D eigenvalue weighted by molar-refractivity contribution is -0.155. The lowest BCUT2D eigenvalue weighted by Crippen LogP contribution is -2.48. The van der Waals surface area contributed by atoms with Gasteiger partial charge in [0.2, 0.25) is 11.8 Å². The van der Waals surface area contributed by atoms with Crippen molar-refractivity contribution in [3.63, 3.8) is 0 Å². The van der Waals surface area contributed by atoms with Gasteiger partial charge in [-0.15, -0.1) is 0 Å². The van der Waals surface area contributed by atoms with Crippen LogP contribution in [0.25, 0.3) is 0 Å². The average molecular weight is 629 g/mol. The number of rotatable bonds is 12. The van der Waals surface area contributed by atoms with E-state index in [9.17, 15) is 24.3 Å². The highest BCUT2D eigenvalue weighted by Gasteiger charge is 2.29. The molecule has 1 aliphatic rings. The number of benzene rings is 3. The van der Waals surface area contributed by atoms with Crippen LogP contribution in [0.4, 0.5) is 0 Å². The molecule has 242 valence electrons. The summed E-state index contributed by atoms with van der Waals surface area (Å²) >= 11 is 0. The quantitative estimate of drug-likeness (QED) is 0.203. The van der Waals surface area contributed by atoms with Crippen molar-refractivity contribution >= 4 is 23.8 Å². The minimum absolute atomic E-state index is 0.0133. The lowest BCUT2D eigenvalue weighted by atomic mass is 9.98. The van der Waals surface area contributed by atoms with E-state index < -0.39 is 41.8 Å². The summed E-state index contributed by atoms with van der Waals surface area (Å²) < 4.78 is 16.4. The molecule has 3 N–H and O–H groups in total. The number of aliphatic hydroxyl groups excluding tert-OH is 1. The number of allylic oxidation sites excluding steroid dienone is 2. The van der Waals surface area contributed by atoms with Gasteiger partial charge in [0.1, 0.15) is 25.6 Å². The lowest BCUT2D eigenvalue weighted by Gasteiger charge is -2.23. The number of nitrogens with one attached hydrogen (secondary N) is 2. The molecule has 0 spiro atoms. The molecule has 0 aromatic heterocycles. The minimum atomic E-state index is -1.24. The van der Waals surface area contributed by atoms with Crippen LogP contribution in [0.15, 0.2) is 97.1 Å². The molecule has 4 rings (SSSR count). The van der Waals surface area contributed by atoms with Crippen LogP contribution in [0, 0.1) is 5.92 Å². The number of carbonyl (C=O) groups excluding carboxylic acids is 4. The molecule has 3 atom stereocenters. The Hall–Kier alpha value is -4.96. The van der Waals surface area contributed by atoms with Crippen LogP contribution in [0.1, 0.15) is 42.4 Å². The smallest absolute Gasteiger partial charge is 0.332 e. The molecule has 46 heavy (non-hydrogen) atoms. The predicted molar refractivity (Wildman–Crippen MR) is 170 cm³/mol. The number of amides is 2. The monoisotopic (exact) mass is 628 g/mol. The van der Waals surface area contributed by atoms with Crippen molar-refractivity contribution < 1.29 is 38.5 Å². The zero-order valence-corrected chi connectivity index (χ0v) is 25.6. The highest BCUT2D eigenvalue weighted by Crippen LogP contribution is 2.17. The zero-order valence-electron chi connectivity index (χ0n) is 25.6. The van der Waals surface area contributed by atoms with Crippen LogP contribution < -0.4 is 15.4 Å². The van der Waals surface area contributed by atoms with E-state index in [0.717, 1.165) is 16.7 Å². The van der Waals surface area contributed by atoms with Crippen LogP contribution >= 0.6 is 0 Å². The highest BCUT2D eigenvalue weighted by molar-refractivity contribution is 5.89. The topological polar surface area (TPSA) is 140 Å². The third kappa shape index (κ3) is 11.5. The second kappa shape index (κ2) is 18.1. The van der Waals surface area contributed by atoms with E-state index in [4.69, 9.17) is 14.2 Å². The molecular formula is C36H40N2O8. The van der Waals surface area contributed by atoms with Crippen LogP contribution in [-0.2, 0) is 48.3 Å². The van der Waals surface area contributed by atoms with Crippen molar-refractivity contribution in [3.05, 3.63) is 114 Å². The second-order valence-electron chi connectivity index (χ2n) is 11.1. The maximum Gasteiger partial charge on any atom is 0.332 e. The number of cyclic esters (lactones) is 1. The molecule has 0 radical (unpaired) electrons. The van der Waals surface area contributed by atoms with Gasteiger partial charge in [-0.25, -0.2) is 4.79 Å².